The molecule has 0 aliphatic carbocycles. The van der Waals surface area contributed by atoms with E-state index >= 15 is 0 Å². The van der Waals surface area contributed by atoms with E-state index in [2.05, 4.69) is 15.0 Å². The van der Waals surface area contributed by atoms with Gasteiger partial charge in [-0.1, -0.05) is 0 Å². The minimum absolute atomic E-state index is 0.123. The molecule has 1 fully saturated rings. The zero-order chi connectivity index (χ0) is 16.0. The first-order valence-electron chi connectivity index (χ1n) is 6.74. The molecule has 0 radical (unpaired) electrons. The van der Waals surface area contributed by atoms with E-state index in [9.17, 15) is 20.4 Å². The van der Waals surface area contributed by atoms with Crippen LogP contribution in [-0.4, -0.2) is 64.9 Å². The second-order valence-electron chi connectivity index (χ2n) is 5.18. The Hall–Kier alpha value is -1.85. The monoisotopic (exact) mass is 311 g/mol. The Kier molecular flexibility index (Phi) is 3.70. The van der Waals surface area contributed by atoms with E-state index in [1.54, 1.807) is 0 Å². The van der Waals surface area contributed by atoms with E-state index in [4.69, 9.17) is 10.5 Å². The summed E-state index contributed by atoms with van der Waals surface area (Å²) in [4.78, 5) is 12.1. The third kappa shape index (κ3) is 2.12. The first-order chi connectivity index (χ1) is 10.5. The van der Waals surface area contributed by atoms with Crippen molar-refractivity contribution in [2.45, 2.75) is 37.6 Å². The molecule has 10 nitrogen and oxygen atoms in total. The number of nitrogens with zero attached hydrogens (tertiary/aromatic N) is 4. The van der Waals surface area contributed by atoms with Gasteiger partial charge in [-0.05, 0) is 6.92 Å². The molecule has 10 heteroatoms. The number of nitrogens with two attached hydrogens (primary N) is 1. The third-order valence-electron chi connectivity index (χ3n) is 3.68. The minimum atomic E-state index is -1.32. The molecule has 3 unspecified atom stereocenters. The second kappa shape index (κ2) is 5.41. The highest BCUT2D eigenvalue weighted by atomic mass is 16.6. The van der Waals surface area contributed by atoms with E-state index in [0.717, 1.165) is 0 Å². The highest BCUT2D eigenvalue weighted by Gasteiger charge is 2.45. The first kappa shape index (κ1) is 15.1. The van der Waals surface area contributed by atoms with Crippen molar-refractivity contribution in [1.29, 1.82) is 0 Å². The van der Waals surface area contributed by atoms with Crippen LogP contribution in [0.5, 0.6) is 0 Å². The summed E-state index contributed by atoms with van der Waals surface area (Å²) >= 11 is 0. The molecule has 0 bridgehead atoms. The fourth-order valence-corrected chi connectivity index (χ4v) is 2.58. The first-order valence-corrected chi connectivity index (χ1v) is 6.74. The number of hydrogen-bond donors (Lipinski definition) is 5. The van der Waals surface area contributed by atoms with Gasteiger partial charge in [0.2, 0.25) is 0 Å². The van der Waals surface area contributed by atoms with Gasteiger partial charge in [0.25, 0.3) is 0 Å². The molecular weight excluding hydrogens is 294 g/mol. The number of aromatic nitrogens is 4. The van der Waals surface area contributed by atoms with Gasteiger partial charge in [0.05, 0.1) is 6.61 Å². The summed E-state index contributed by atoms with van der Waals surface area (Å²) in [6, 6.07) is 0. The third-order valence-corrected chi connectivity index (χ3v) is 3.68. The standard InChI is InChI=1S/C12H17N5O5/c1-4(19)10-16-6-9(13)14-3-15-11(6)17(10)12-8(21)7(20)5(2-18)22-12/h3-5,7-8,12,18-21H,2H2,1H3,(H2,13,14,15)/t4?,5?,7-,8?,12-/m1/s1. The average molecular weight is 311 g/mol. The lowest BCUT2D eigenvalue weighted by Crippen LogP contribution is -2.33. The summed E-state index contributed by atoms with van der Waals surface area (Å²) in [6.07, 6.45) is -4.36. The molecule has 1 aliphatic heterocycles. The molecule has 1 saturated heterocycles. The molecule has 0 amide bonds. The van der Waals surface area contributed by atoms with Crippen LogP contribution in [0.4, 0.5) is 5.82 Å². The maximum Gasteiger partial charge on any atom is 0.167 e. The van der Waals surface area contributed by atoms with Crippen molar-refractivity contribution in [3.8, 4) is 0 Å². The number of rotatable bonds is 3. The van der Waals surface area contributed by atoms with Crippen LogP contribution in [0.2, 0.25) is 0 Å². The van der Waals surface area contributed by atoms with Gasteiger partial charge in [0, 0.05) is 0 Å². The molecule has 3 rings (SSSR count). The predicted molar refractivity (Wildman–Crippen MR) is 73.4 cm³/mol. The van der Waals surface area contributed by atoms with Crippen molar-refractivity contribution < 1.29 is 25.2 Å². The van der Waals surface area contributed by atoms with Gasteiger partial charge in [0.1, 0.15) is 36.6 Å². The topological polar surface area (TPSA) is 160 Å². The Balaban J connectivity index is 2.17. The van der Waals surface area contributed by atoms with Crippen LogP contribution >= 0.6 is 0 Å². The highest BCUT2D eigenvalue weighted by Crippen LogP contribution is 2.34. The predicted octanol–water partition coefficient (Wildman–Crippen LogP) is -1.93. The number of fused-ring (bicyclic) bond motifs is 1. The smallest absolute Gasteiger partial charge is 0.167 e. The van der Waals surface area contributed by atoms with Crippen molar-refractivity contribution in [2.75, 3.05) is 12.3 Å². The van der Waals surface area contributed by atoms with Crippen molar-refractivity contribution in [2.24, 2.45) is 0 Å². The maximum atomic E-state index is 10.2. The fraction of sp³-hybridized carbons (Fsp3) is 0.583. The molecular formula is C12H17N5O5. The zero-order valence-corrected chi connectivity index (χ0v) is 11.7. The Morgan fingerprint density at radius 3 is 2.68 bits per heavy atom. The average Bonchev–Trinajstić information content (AvgIpc) is 3.00. The number of imidazole rings is 1. The SMILES string of the molecule is CC(O)c1nc2c(N)ncnc2n1[C@@H]1OC(CO)[C@@H](O)C1O. The largest absolute Gasteiger partial charge is 0.394 e. The van der Waals surface area contributed by atoms with Crippen LogP contribution in [0.25, 0.3) is 11.2 Å². The van der Waals surface area contributed by atoms with Crippen LogP contribution in [0, 0.1) is 0 Å². The zero-order valence-electron chi connectivity index (χ0n) is 11.7. The molecule has 22 heavy (non-hydrogen) atoms. The highest BCUT2D eigenvalue weighted by molar-refractivity contribution is 5.82. The summed E-state index contributed by atoms with van der Waals surface area (Å²) in [5, 5.41) is 39.2. The Morgan fingerprint density at radius 1 is 1.36 bits per heavy atom. The number of aliphatic hydroxyl groups excluding tert-OH is 4. The number of aliphatic hydroxyl groups is 4. The summed E-state index contributed by atoms with van der Waals surface area (Å²) in [5.74, 6) is 0.287. The fourth-order valence-electron chi connectivity index (χ4n) is 2.58. The lowest BCUT2D eigenvalue weighted by atomic mass is 10.1. The van der Waals surface area contributed by atoms with Crippen molar-refractivity contribution in [1.82, 2.24) is 19.5 Å². The van der Waals surface area contributed by atoms with Crippen LogP contribution in [0.1, 0.15) is 25.1 Å². The van der Waals surface area contributed by atoms with Crippen LogP contribution < -0.4 is 5.73 Å². The normalized spacial score (nSPS) is 30.0. The van der Waals surface area contributed by atoms with E-state index in [1.807, 2.05) is 0 Å². The van der Waals surface area contributed by atoms with Gasteiger partial charge in [-0.25, -0.2) is 15.0 Å². The van der Waals surface area contributed by atoms with Crippen molar-refractivity contribution in [3.63, 3.8) is 0 Å². The van der Waals surface area contributed by atoms with Crippen LogP contribution in [0.3, 0.4) is 0 Å². The van der Waals surface area contributed by atoms with Gasteiger partial charge in [-0.15, -0.1) is 0 Å². The lowest BCUT2D eigenvalue weighted by molar-refractivity contribution is -0.0543. The van der Waals surface area contributed by atoms with Gasteiger partial charge in [-0.2, -0.15) is 0 Å². The molecule has 1 aliphatic rings. The number of ether oxygens (including phenoxy) is 1. The van der Waals surface area contributed by atoms with Gasteiger partial charge in [-0.3, -0.25) is 4.57 Å². The van der Waals surface area contributed by atoms with Crippen molar-refractivity contribution in [3.05, 3.63) is 12.2 Å². The van der Waals surface area contributed by atoms with Crippen LogP contribution in [-0.2, 0) is 4.74 Å². The Bertz CT molecular complexity index is 690. The molecule has 2 aromatic heterocycles. The summed E-state index contributed by atoms with van der Waals surface area (Å²) in [6.45, 7) is 1.03. The minimum Gasteiger partial charge on any atom is -0.394 e. The maximum absolute atomic E-state index is 10.2. The molecule has 0 spiro atoms. The molecule has 5 atom stereocenters. The molecule has 3 heterocycles. The van der Waals surface area contributed by atoms with E-state index in [0.29, 0.717) is 0 Å². The van der Waals surface area contributed by atoms with Gasteiger partial charge < -0.3 is 30.9 Å². The Morgan fingerprint density at radius 2 is 2.09 bits per heavy atom. The lowest BCUT2D eigenvalue weighted by Gasteiger charge is -2.20. The van der Waals surface area contributed by atoms with E-state index in [1.165, 1.54) is 17.8 Å². The molecule has 120 valence electrons. The molecule has 6 N–H and O–H groups in total. The summed E-state index contributed by atoms with van der Waals surface area (Å²) < 4.78 is 6.84. The molecule has 0 saturated carbocycles. The summed E-state index contributed by atoms with van der Waals surface area (Å²) in [5.41, 5.74) is 6.27. The van der Waals surface area contributed by atoms with Gasteiger partial charge in [0.15, 0.2) is 23.2 Å². The number of nitrogen functional groups attached to an aromatic ring is 1. The van der Waals surface area contributed by atoms with Crippen LogP contribution in [0.15, 0.2) is 6.33 Å². The van der Waals surface area contributed by atoms with E-state index < -0.39 is 37.3 Å². The molecule has 0 aromatic carbocycles. The Labute approximate surface area is 124 Å². The van der Waals surface area contributed by atoms with Crippen molar-refractivity contribution >= 4 is 17.0 Å². The number of hydrogen-bond acceptors (Lipinski definition) is 9. The van der Waals surface area contributed by atoms with Gasteiger partial charge >= 0.3 is 0 Å². The quantitative estimate of drug-likeness (QED) is 0.435. The molecule has 2 aromatic rings. The summed E-state index contributed by atoms with van der Waals surface area (Å²) in [7, 11) is 0. The number of anilines is 1. The second-order valence-corrected chi connectivity index (χ2v) is 5.18. The van der Waals surface area contributed by atoms with E-state index in [-0.39, 0.29) is 22.8 Å².